The van der Waals surface area contributed by atoms with E-state index in [4.69, 9.17) is 11.6 Å². The maximum atomic E-state index is 12.5. The quantitative estimate of drug-likeness (QED) is 0.463. The van der Waals surface area contributed by atoms with E-state index in [2.05, 4.69) is 0 Å². The van der Waals surface area contributed by atoms with E-state index in [1.54, 1.807) is 0 Å². The van der Waals surface area contributed by atoms with Crippen molar-refractivity contribution < 1.29 is 83.7 Å². The van der Waals surface area contributed by atoms with Gasteiger partial charge in [-0.2, -0.15) is 0 Å². The van der Waals surface area contributed by atoms with Gasteiger partial charge in [-0.15, -0.1) is 0 Å². The van der Waals surface area contributed by atoms with Crippen LogP contribution in [0.25, 0.3) is 11.3 Å². The third-order valence-electron chi connectivity index (χ3n) is 3.32. The Hall–Kier alpha value is -0.870. The fraction of sp³-hybridized carbons (Fsp3) is 0.200. The Bertz CT molecular complexity index is 870. The van der Waals surface area contributed by atoms with E-state index < -0.39 is 36.5 Å². The predicted octanol–water partition coefficient (Wildman–Crippen LogP) is -7.81. The largest absolute Gasteiger partial charge is 1.00 e. The van der Waals surface area contributed by atoms with Gasteiger partial charge in [-0.3, -0.25) is 9.59 Å². The number of carboxylic acids is 2. The summed E-state index contributed by atoms with van der Waals surface area (Å²) < 4.78 is 0.862. The third-order valence-corrected chi connectivity index (χ3v) is 3.57. The predicted molar refractivity (Wildman–Crippen MR) is 79.3 cm³/mol. The van der Waals surface area contributed by atoms with Crippen LogP contribution in [-0.2, 0) is 16.1 Å². The van der Waals surface area contributed by atoms with Crippen LogP contribution in [0.2, 0.25) is 5.02 Å². The maximum absolute atomic E-state index is 12.5. The average molecular weight is 397 g/mol. The molecule has 0 N–H and O–H groups in total. The molecule has 0 saturated carbocycles. The van der Waals surface area contributed by atoms with Crippen molar-refractivity contribution >= 4 is 29.4 Å². The van der Waals surface area contributed by atoms with Gasteiger partial charge in [0.1, 0.15) is 5.56 Å². The number of carbonyl (C=O) groups excluding carboxylic acids is 3. The number of aromatic nitrogens is 1. The van der Waals surface area contributed by atoms with Gasteiger partial charge in [0.2, 0.25) is 0 Å². The van der Waals surface area contributed by atoms with Crippen LogP contribution >= 0.6 is 11.6 Å². The fourth-order valence-corrected chi connectivity index (χ4v) is 2.43. The normalized spacial score (nSPS) is 9.77. The van der Waals surface area contributed by atoms with E-state index in [0.717, 1.165) is 9.47 Å². The Morgan fingerprint density at radius 3 is 2.19 bits per heavy atom. The zero-order valence-electron chi connectivity index (χ0n) is 14.4. The van der Waals surface area contributed by atoms with Gasteiger partial charge in [0.25, 0.3) is 11.5 Å². The molecule has 0 radical (unpaired) electrons. The number of hydrogen-bond acceptors (Lipinski definition) is 6. The molecule has 0 atom stereocenters. The summed E-state index contributed by atoms with van der Waals surface area (Å²) in [6, 6.07) is 5.67. The topological polar surface area (TPSA) is 123 Å². The molecular formula is C15H11ClN2Na2O6. The number of carboxylic acid groups (broad SMARTS) is 2. The number of hydrogen-bond donors (Lipinski definition) is 0. The number of aliphatic carboxylic acids is 2. The Labute approximate surface area is 197 Å². The van der Waals surface area contributed by atoms with Gasteiger partial charge >= 0.3 is 59.1 Å². The molecular weight excluding hydrogens is 386 g/mol. The first-order valence-corrected chi connectivity index (χ1v) is 7.07. The van der Waals surface area contributed by atoms with E-state index in [0.29, 0.717) is 5.02 Å². The van der Waals surface area contributed by atoms with Crippen LogP contribution in [0.5, 0.6) is 0 Å². The van der Waals surface area contributed by atoms with Gasteiger partial charge < -0.3 is 29.3 Å². The van der Waals surface area contributed by atoms with Crippen molar-refractivity contribution in [1.82, 2.24) is 9.47 Å². The van der Waals surface area contributed by atoms with Crippen molar-refractivity contribution in [2.75, 3.05) is 13.6 Å². The molecule has 0 aromatic heterocycles. The molecule has 0 saturated heterocycles. The molecule has 1 amide bonds. The smallest absolute Gasteiger partial charge is 0.548 e. The summed E-state index contributed by atoms with van der Waals surface area (Å²) >= 11 is 5.87. The van der Waals surface area contributed by atoms with E-state index in [9.17, 15) is 29.4 Å². The number of nitrogens with zero attached hydrogens (tertiary/aromatic N) is 2. The number of amides is 1. The van der Waals surface area contributed by atoms with Gasteiger partial charge in [-0.05, 0) is 18.2 Å². The zero-order valence-corrected chi connectivity index (χ0v) is 19.2. The first-order chi connectivity index (χ1) is 11.2. The first kappa shape index (κ1) is 25.1. The number of fused-ring (bicyclic) bond motifs is 1. The molecule has 0 bridgehead atoms. The Balaban J connectivity index is 0.00000312. The summed E-state index contributed by atoms with van der Waals surface area (Å²) in [5.74, 6) is -3.87. The molecule has 11 heteroatoms. The van der Waals surface area contributed by atoms with Crippen LogP contribution in [0.4, 0.5) is 0 Å². The summed E-state index contributed by atoms with van der Waals surface area (Å²) in [7, 11) is 1.19. The summed E-state index contributed by atoms with van der Waals surface area (Å²) in [6.07, 6.45) is 0. The summed E-state index contributed by atoms with van der Waals surface area (Å²) in [4.78, 5) is 47.2. The second-order valence-electron chi connectivity index (χ2n) is 5.02. The molecule has 0 spiro atoms. The fourth-order valence-electron chi connectivity index (χ4n) is 2.31. The Kier molecular flexibility index (Phi) is 10.1. The van der Waals surface area contributed by atoms with Crippen LogP contribution < -0.4 is 74.9 Å². The molecule has 0 unspecified atom stereocenters. The van der Waals surface area contributed by atoms with Crippen molar-refractivity contribution in [1.29, 1.82) is 0 Å². The van der Waals surface area contributed by atoms with Gasteiger partial charge in [0, 0.05) is 17.6 Å². The van der Waals surface area contributed by atoms with Crippen LogP contribution in [0.3, 0.4) is 0 Å². The Morgan fingerprint density at radius 2 is 1.65 bits per heavy atom. The number of halogens is 1. The Morgan fingerprint density at radius 1 is 1.08 bits per heavy atom. The van der Waals surface area contributed by atoms with Crippen molar-refractivity contribution in [3.05, 3.63) is 45.2 Å². The van der Waals surface area contributed by atoms with Crippen LogP contribution in [-0.4, -0.2) is 40.9 Å². The molecule has 2 rings (SSSR count). The van der Waals surface area contributed by atoms with Gasteiger partial charge in [0.05, 0.1) is 30.7 Å². The molecule has 0 aromatic carbocycles. The molecule has 1 aliphatic carbocycles. The zero-order chi connectivity index (χ0) is 18.0. The molecule has 2 aliphatic rings. The van der Waals surface area contributed by atoms with Crippen LogP contribution in [0.1, 0.15) is 10.4 Å². The third kappa shape index (κ3) is 5.56. The van der Waals surface area contributed by atoms with E-state index in [1.165, 1.54) is 31.3 Å². The van der Waals surface area contributed by atoms with E-state index in [1.807, 2.05) is 0 Å². The minimum atomic E-state index is -1.51. The minimum absolute atomic E-state index is 0. The van der Waals surface area contributed by atoms with Crippen LogP contribution in [0, 0.1) is 0 Å². The van der Waals surface area contributed by atoms with E-state index >= 15 is 0 Å². The van der Waals surface area contributed by atoms with Crippen LogP contribution in [0.15, 0.2) is 29.1 Å². The maximum Gasteiger partial charge on any atom is 1.00 e. The van der Waals surface area contributed by atoms with Crippen molar-refractivity contribution in [3.63, 3.8) is 0 Å². The van der Waals surface area contributed by atoms with E-state index in [-0.39, 0.29) is 75.9 Å². The van der Waals surface area contributed by atoms with Crippen molar-refractivity contribution in [2.24, 2.45) is 0 Å². The standard InChI is InChI=1S/C15H13ClN2O6.2Na/c1-17(6-11(19)20)14(23)13-9-4-2-8(16)3-5-10(9)18(15(13)24)7-12(21)22;;/h2-5H,6-7H2,1H3,(H,19,20)(H,21,22);;/q;2*+1/p-2. The van der Waals surface area contributed by atoms with Gasteiger partial charge in [-0.25, -0.2) is 0 Å². The monoisotopic (exact) mass is 396 g/mol. The number of rotatable bonds is 5. The molecule has 0 fully saturated rings. The number of carbonyl (C=O) groups is 3. The minimum Gasteiger partial charge on any atom is -0.548 e. The molecule has 8 nitrogen and oxygen atoms in total. The average Bonchev–Trinajstić information content (AvgIpc) is 2.61. The summed E-state index contributed by atoms with van der Waals surface area (Å²) in [5.41, 5.74) is -0.876. The second kappa shape index (κ2) is 10.5. The molecule has 1 aliphatic heterocycles. The molecule has 126 valence electrons. The summed E-state index contributed by atoms with van der Waals surface area (Å²) in [6.45, 7) is -1.47. The molecule has 0 aromatic rings. The van der Waals surface area contributed by atoms with Crippen molar-refractivity contribution in [2.45, 2.75) is 6.54 Å². The molecule has 26 heavy (non-hydrogen) atoms. The summed E-state index contributed by atoms with van der Waals surface area (Å²) in [5, 5.41) is 21.8. The second-order valence-corrected chi connectivity index (χ2v) is 5.46. The number of likely N-dealkylation sites (N-methyl/N-ethyl adjacent to an activating group) is 1. The SMILES string of the molecule is CN(CC(=O)[O-])C(=O)c1c2ccc(Cl)ccc-2n(CC(=O)[O-])c1=O.[Na+].[Na+]. The van der Waals surface area contributed by atoms with Crippen molar-refractivity contribution in [3.8, 4) is 11.3 Å². The van der Waals surface area contributed by atoms with Gasteiger partial charge in [0.15, 0.2) is 0 Å². The first-order valence-electron chi connectivity index (χ1n) is 6.69. The van der Waals surface area contributed by atoms with Gasteiger partial charge in [-0.1, -0.05) is 17.7 Å². The molecule has 1 heterocycles.